The van der Waals surface area contributed by atoms with Gasteiger partial charge in [0.2, 0.25) is 23.7 Å². The van der Waals surface area contributed by atoms with Gasteiger partial charge in [0, 0.05) is 98.3 Å². The Labute approximate surface area is 419 Å². The molecule has 6 heterocycles. The zero-order valence-corrected chi connectivity index (χ0v) is 43.4. The number of piperazine rings is 1. The van der Waals surface area contributed by atoms with E-state index < -0.39 is 18.6 Å². The Morgan fingerprint density at radius 2 is 1.64 bits per heavy atom. The van der Waals surface area contributed by atoms with Gasteiger partial charge in [0.25, 0.3) is 0 Å². The lowest BCUT2D eigenvalue weighted by atomic mass is 9.91. The molecule has 0 radical (unpaired) electrons. The number of nitrogens with zero attached hydrogens (tertiary/aromatic N) is 7. The van der Waals surface area contributed by atoms with E-state index in [1.165, 1.54) is 16.8 Å². The van der Waals surface area contributed by atoms with Crippen molar-refractivity contribution in [1.29, 1.82) is 0 Å². The molecule has 3 N–H and O–H groups in total. The molecule has 1 spiro atoms. The van der Waals surface area contributed by atoms with Crippen LogP contribution in [0.25, 0.3) is 10.9 Å². The molecule has 5 aliphatic rings. The monoisotopic (exact) mass is 1030 g/mol. The second-order valence-electron chi connectivity index (χ2n) is 19.8. The summed E-state index contributed by atoms with van der Waals surface area (Å²) >= 11 is 3.65. The molecule has 3 saturated heterocycles. The van der Waals surface area contributed by atoms with E-state index in [0.29, 0.717) is 41.0 Å². The number of anilines is 6. The summed E-state index contributed by atoms with van der Waals surface area (Å²) in [6.45, 7) is 17.3. The maximum Gasteiger partial charge on any atom is 0.249 e. The summed E-state index contributed by atoms with van der Waals surface area (Å²) in [5.74, 6) is 1.08. The van der Waals surface area contributed by atoms with E-state index in [1.54, 1.807) is 24.4 Å². The molecule has 368 valence electrons. The summed E-state index contributed by atoms with van der Waals surface area (Å²) in [6, 6.07) is 18.4. The second kappa shape index (κ2) is 19.7. The summed E-state index contributed by atoms with van der Waals surface area (Å²) in [7, 11) is -2.74. The summed E-state index contributed by atoms with van der Waals surface area (Å²) in [5.41, 5.74) is 8.42. The van der Waals surface area contributed by atoms with Crippen LogP contribution in [-0.2, 0) is 43.6 Å². The molecule has 1 unspecified atom stereocenters. The van der Waals surface area contributed by atoms with E-state index in [4.69, 9.17) is 14.7 Å². The highest BCUT2D eigenvalue weighted by molar-refractivity contribution is 9.10. The number of hydrogen-bond donors (Lipinski definition) is 3. The standard InChI is InChI=1S/C53H64BrN10O5P/c1-6-33-30-41(58-52-55-32-38(54)49(60-52)57-40-15-14-39-37(48(40)70(4,5)68)13-12-35(7-2)56-39)45(69-8-3)31-44(33)63-24-19-36(20-25-63)62-28-26-61(27-29-62)23-18-34-10-9-11-42-47(34)53(21-22-53)51(67)64(42)43-16-17-46(65)59-50(43)66/h9-15,30-32,36,43H,6-8,16-29H2,1-5H3,(H,59,65,66)(H2,55,57,58,60). The van der Waals surface area contributed by atoms with Gasteiger partial charge >= 0.3 is 0 Å². The Hall–Kier alpha value is -5.41. The van der Waals surface area contributed by atoms with Crippen molar-refractivity contribution in [3.8, 4) is 5.75 Å². The van der Waals surface area contributed by atoms with Gasteiger partial charge in [-0.1, -0.05) is 32.0 Å². The summed E-state index contributed by atoms with van der Waals surface area (Å²) in [6.07, 6.45) is 8.67. The minimum absolute atomic E-state index is 0.0260. The first kappa shape index (κ1) is 48.2. The Bertz CT molecular complexity index is 2910. The molecule has 4 fully saturated rings. The molecule has 4 aliphatic heterocycles. The number of aryl methyl sites for hydroxylation is 2. The Morgan fingerprint density at radius 3 is 2.34 bits per heavy atom. The van der Waals surface area contributed by atoms with Gasteiger partial charge in [0.05, 0.1) is 33.4 Å². The van der Waals surface area contributed by atoms with Crippen LogP contribution in [-0.4, -0.2) is 120 Å². The molecule has 1 saturated carbocycles. The molecule has 1 atom stereocenters. The van der Waals surface area contributed by atoms with Gasteiger partial charge in [-0.15, -0.1) is 0 Å². The minimum atomic E-state index is -2.74. The van der Waals surface area contributed by atoms with Crippen LogP contribution in [0.3, 0.4) is 0 Å². The van der Waals surface area contributed by atoms with Crippen molar-refractivity contribution in [2.24, 2.45) is 0 Å². The van der Waals surface area contributed by atoms with Crippen LogP contribution in [0.15, 0.2) is 65.3 Å². The first-order valence-corrected chi connectivity index (χ1v) is 28.5. The van der Waals surface area contributed by atoms with E-state index in [9.17, 15) is 18.9 Å². The van der Waals surface area contributed by atoms with E-state index >= 15 is 0 Å². The lowest BCUT2D eigenvalue weighted by Crippen LogP contribution is -2.54. The predicted molar refractivity (Wildman–Crippen MR) is 281 cm³/mol. The van der Waals surface area contributed by atoms with Crippen molar-refractivity contribution in [3.05, 3.63) is 87.7 Å². The maximum atomic E-state index is 13.9. The largest absolute Gasteiger partial charge is 0.492 e. The summed E-state index contributed by atoms with van der Waals surface area (Å²) in [4.78, 5) is 62.5. The number of halogens is 1. The van der Waals surface area contributed by atoms with Crippen LogP contribution in [0.5, 0.6) is 5.75 Å². The normalized spacial score (nSPS) is 19.7. The van der Waals surface area contributed by atoms with Gasteiger partial charge in [0.1, 0.15) is 24.8 Å². The van der Waals surface area contributed by atoms with Crippen LogP contribution >= 0.6 is 23.1 Å². The predicted octanol–water partition coefficient (Wildman–Crippen LogP) is 8.06. The van der Waals surface area contributed by atoms with Gasteiger partial charge in [0.15, 0.2) is 0 Å². The highest BCUT2D eigenvalue weighted by Gasteiger charge is 2.62. The molecule has 10 rings (SSSR count). The number of fused-ring (bicyclic) bond motifs is 3. The van der Waals surface area contributed by atoms with Crippen LogP contribution in [0.2, 0.25) is 0 Å². The molecule has 15 nitrogen and oxygen atoms in total. The van der Waals surface area contributed by atoms with Crippen molar-refractivity contribution in [2.45, 2.75) is 96.1 Å². The second-order valence-corrected chi connectivity index (χ2v) is 23.8. The van der Waals surface area contributed by atoms with Crippen LogP contribution in [0, 0.1) is 0 Å². The SMILES string of the molecule is CCOc1cc(N2CCC(N3CCN(CCc4cccc5c4C4(CC4)C(=O)N5C4CCC(=O)NC4=O)CC3)CC2)c(CC)cc1Nc1ncc(Br)c(Nc2ccc3nc(CC)ccc3c2P(C)(C)=O)n1. The first-order valence-electron chi connectivity index (χ1n) is 25.1. The number of imide groups is 1. The number of pyridine rings is 1. The van der Waals surface area contributed by atoms with Gasteiger partial charge in [-0.05, 0) is 135 Å². The minimum Gasteiger partial charge on any atom is -0.492 e. The smallest absolute Gasteiger partial charge is 0.249 e. The fourth-order valence-corrected chi connectivity index (χ4v) is 13.1. The maximum absolute atomic E-state index is 13.9. The number of carbonyl (C=O) groups is 3. The lowest BCUT2D eigenvalue weighted by molar-refractivity contribution is -0.135. The molecule has 2 aromatic heterocycles. The number of benzene rings is 3. The Kier molecular flexibility index (Phi) is 13.5. The van der Waals surface area contributed by atoms with Gasteiger partial charge in [-0.3, -0.25) is 34.5 Å². The van der Waals surface area contributed by atoms with E-state index in [2.05, 4.69) is 83.6 Å². The molecule has 1 aliphatic carbocycles. The van der Waals surface area contributed by atoms with Crippen LogP contribution < -0.4 is 35.8 Å². The zero-order valence-electron chi connectivity index (χ0n) is 40.9. The molecule has 17 heteroatoms. The Balaban J connectivity index is 0.769. The zero-order chi connectivity index (χ0) is 48.9. The van der Waals surface area contributed by atoms with Crippen molar-refractivity contribution in [1.82, 2.24) is 30.1 Å². The summed E-state index contributed by atoms with van der Waals surface area (Å²) < 4.78 is 20.7. The van der Waals surface area contributed by atoms with Gasteiger partial charge in [-0.25, -0.2) is 4.98 Å². The van der Waals surface area contributed by atoms with Crippen molar-refractivity contribution >= 4 is 91.5 Å². The topological polar surface area (TPSA) is 165 Å². The molecule has 3 aromatic carbocycles. The number of carbonyl (C=O) groups excluding carboxylic acids is 3. The van der Waals surface area contributed by atoms with Crippen molar-refractivity contribution in [3.63, 3.8) is 0 Å². The first-order chi connectivity index (χ1) is 33.8. The molecule has 5 aromatic rings. The lowest BCUT2D eigenvalue weighted by Gasteiger charge is -2.43. The molecule has 3 amide bonds. The summed E-state index contributed by atoms with van der Waals surface area (Å²) in [5, 5.41) is 11.0. The fraction of sp³-hybridized carbons (Fsp3) is 0.472. The number of hydrogen-bond acceptors (Lipinski definition) is 13. The third-order valence-corrected chi connectivity index (χ3v) is 17.2. The Morgan fingerprint density at radius 1 is 0.857 bits per heavy atom. The quantitative estimate of drug-likeness (QED) is 0.0682. The molecular weight excluding hydrogens is 968 g/mol. The van der Waals surface area contributed by atoms with E-state index in [-0.39, 0.29) is 24.1 Å². The van der Waals surface area contributed by atoms with Crippen LogP contribution in [0.1, 0.15) is 81.7 Å². The number of aromatic nitrogens is 3. The highest BCUT2D eigenvalue weighted by Crippen LogP contribution is 2.59. The number of rotatable bonds is 15. The average molecular weight is 1030 g/mol. The van der Waals surface area contributed by atoms with Gasteiger partial charge < -0.3 is 29.7 Å². The third-order valence-electron chi connectivity index (χ3n) is 15.1. The van der Waals surface area contributed by atoms with E-state index in [0.717, 1.165) is 135 Å². The van der Waals surface area contributed by atoms with Crippen molar-refractivity contribution in [2.75, 3.05) is 86.2 Å². The third kappa shape index (κ3) is 9.32. The van der Waals surface area contributed by atoms with Gasteiger partial charge in [-0.2, -0.15) is 4.98 Å². The van der Waals surface area contributed by atoms with Crippen LogP contribution in [0.4, 0.5) is 34.5 Å². The highest BCUT2D eigenvalue weighted by atomic mass is 79.9. The van der Waals surface area contributed by atoms with Crippen molar-refractivity contribution < 1.29 is 23.7 Å². The number of piperidine rings is 2. The van der Waals surface area contributed by atoms with E-state index in [1.807, 2.05) is 43.3 Å². The molecule has 70 heavy (non-hydrogen) atoms. The fourth-order valence-electron chi connectivity index (χ4n) is 11.4. The molecular formula is C53H64BrN10O5P. The number of nitrogens with one attached hydrogen (secondary N) is 3. The average Bonchev–Trinajstić information content (AvgIpc) is 4.12. The molecule has 0 bridgehead atoms. The number of amides is 3. The number of ether oxygens (including phenoxy) is 1.